The second-order valence-corrected chi connectivity index (χ2v) is 10.7. The quantitative estimate of drug-likeness (QED) is 0.199. The Morgan fingerprint density at radius 1 is 0.341 bits per heavy atom. The Bertz CT molecular complexity index is 2870. The fraction of sp³-hybridized carbons (Fsp3) is 0. The third-order valence-corrected chi connectivity index (χ3v) is 8.25. The van der Waals surface area contributed by atoms with Gasteiger partial charge in [-0.15, -0.1) is 0 Å². The predicted octanol–water partition coefficient (Wildman–Crippen LogP) is 11.2. The summed E-state index contributed by atoms with van der Waals surface area (Å²) in [7, 11) is 0. The summed E-state index contributed by atoms with van der Waals surface area (Å²) in [6.07, 6.45) is 0. The van der Waals surface area contributed by atoms with E-state index in [0.717, 1.165) is 49.3 Å². The molecule has 0 saturated carbocycles. The molecule has 0 fully saturated rings. The number of rotatable bonds is 4. The van der Waals surface area contributed by atoms with Gasteiger partial charge in [0.15, 0.2) is 0 Å². The maximum absolute atomic E-state index is 8.80. The van der Waals surface area contributed by atoms with Crippen molar-refractivity contribution in [3.05, 3.63) is 170 Å². The normalized spacial score (nSPS) is 14.8. The van der Waals surface area contributed by atoms with Gasteiger partial charge in [-0.1, -0.05) is 115 Å². The lowest BCUT2D eigenvalue weighted by molar-refractivity contribution is 1.17. The van der Waals surface area contributed by atoms with Crippen molar-refractivity contribution in [2.45, 2.75) is 0 Å². The van der Waals surface area contributed by atoms with Crippen LogP contribution < -0.4 is 0 Å². The lowest BCUT2D eigenvalue weighted by Gasteiger charge is -2.14. The van der Waals surface area contributed by atoms with Crippen molar-refractivity contribution in [1.82, 2.24) is 9.13 Å². The van der Waals surface area contributed by atoms with E-state index in [0.29, 0.717) is 5.69 Å². The summed E-state index contributed by atoms with van der Waals surface area (Å²) in [4.78, 5) is 0. The molecule has 0 aliphatic rings. The van der Waals surface area contributed by atoms with Crippen LogP contribution in [0.15, 0.2) is 170 Å². The van der Waals surface area contributed by atoms with Crippen molar-refractivity contribution in [3.8, 4) is 33.6 Å². The van der Waals surface area contributed by atoms with Gasteiger partial charge in [0.2, 0.25) is 0 Å². The van der Waals surface area contributed by atoms with E-state index in [1.807, 2.05) is 65.2 Å². The highest BCUT2D eigenvalue weighted by atomic mass is 15.0. The molecule has 0 aliphatic carbocycles. The Morgan fingerprint density at radius 3 is 1.30 bits per heavy atom. The number of aromatic nitrogens is 2. The topological polar surface area (TPSA) is 9.86 Å². The zero-order chi connectivity index (χ0) is 37.7. The SMILES string of the molecule is [2H]c1c([2H])c([2H])c(-c2cc(-c3c([2H])c([2H])c([2H])c([2H])c3[2H])cc(-n3c4ccccc4c4cc(-n5c6ccccc6c6ccccc65)ccc43)c2)c([2H])c1[2H]. The first-order valence-electron chi connectivity index (χ1n) is 19.3. The highest BCUT2D eigenvalue weighted by Gasteiger charge is 2.17. The molecule has 9 aromatic rings. The zero-order valence-corrected chi connectivity index (χ0v) is 23.3. The lowest BCUT2D eigenvalue weighted by atomic mass is 9.98. The number of fused-ring (bicyclic) bond motifs is 6. The average molecular weight is 571 g/mol. The van der Waals surface area contributed by atoms with Crippen LogP contribution in [0, 0.1) is 0 Å². The molecule has 0 N–H and O–H groups in total. The fourth-order valence-corrected chi connectivity index (χ4v) is 6.40. The maximum Gasteiger partial charge on any atom is 0.0629 e. The van der Waals surface area contributed by atoms with Crippen molar-refractivity contribution in [3.63, 3.8) is 0 Å². The molecule has 0 atom stereocenters. The van der Waals surface area contributed by atoms with E-state index < -0.39 is 60.4 Å². The predicted molar refractivity (Wildman–Crippen MR) is 186 cm³/mol. The first-order valence-corrected chi connectivity index (χ1v) is 14.3. The van der Waals surface area contributed by atoms with Gasteiger partial charge in [-0.2, -0.15) is 0 Å². The minimum absolute atomic E-state index is 0.0640. The highest BCUT2D eigenvalue weighted by Crippen LogP contribution is 2.38. The third-order valence-electron chi connectivity index (χ3n) is 8.25. The Labute approximate surface area is 269 Å². The van der Waals surface area contributed by atoms with Crippen LogP contribution in [0.3, 0.4) is 0 Å². The van der Waals surface area contributed by atoms with E-state index in [1.165, 1.54) is 6.07 Å². The molecule has 7 aromatic carbocycles. The van der Waals surface area contributed by atoms with Gasteiger partial charge in [-0.05, 0) is 76.9 Å². The zero-order valence-electron chi connectivity index (χ0n) is 33.3. The molecular weight excluding hydrogens is 532 g/mol. The van der Waals surface area contributed by atoms with Gasteiger partial charge in [-0.25, -0.2) is 0 Å². The summed E-state index contributed by atoms with van der Waals surface area (Å²) in [6, 6.07) is 30.9. The van der Waals surface area contributed by atoms with E-state index in [1.54, 1.807) is 12.1 Å². The standard InChI is InChI=1S/C42H28N2/c1-3-13-29(14-4-1)31-25-32(30-15-5-2-6-16-30)27-34(26-31)44-41-22-12-9-19-37(41)38-28-33(23-24-42(38)44)43-39-20-10-7-17-35(39)36-18-8-11-21-40(36)43/h1-28H/i1D,2D,3D,4D,5D,6D,13D,14D,15D,16D. The van der Waals surface area contributed by atoms with Gasteiger partial charge in [0.05, 0.1) is 35.8 Å². The minimum Gasteiger partial charge on any atom is -0.309 e. The van der Waals surface area contributed by atoms with E-state index >= 15 is 0 Å². The molecule has 0 amide bonds. The van der Waals surface area contributed by atoms with Gasteiger partial charge >= 0.3 is 0 Å². The highest BCUT2D eigenvalue weighted by molar-refractivity contribution is 6.12. The molecule has 0 aliphatic heterocycles. The number of para-hydroxylation sites is 3. The molecule has 0 saturated heterocycles. The molecule has 0 bridgehead atoms. The summed E-state index contributed by atoms with van der Waals surface area (Å²) in [5, 5.41) is 4.15. The molecular formula is C42H28N2. The van der Waals surface area contributed by atoms with Crippen LogP contribution in [0.4, 0.5) is 0 Å². The van der Waals surface area contributed by atoms with Gasteiger partial charge < -0.3 is 9.13 Å². The van der Waals surface area contributed by atoms with Crippen molar-refractivity contribution in [1.29, 1.82) is 0 Å². The molecule has 44 heavy (non-hydrogen) atoms. The molecule has 0 radical (unpaired) electrons. The van der Waals surface area contributed by atoms with Crippen LogP contribution in [-0.2, 0) is 0 Å². The Balaban J connectivity index is 1.37. The molecule has 2 heterocycles. The Kier molecular flexibility index (Phi) is 3.74. The Morgan fingerprint density at radius 2 is 0.773 bits per heavy atom. The minimum atomic E-state index is -0.530. The summed E-state index contributed by atoms with van der Waals surface area (Å²) in [6.45, 7) is 0. The molecule has 2 aromatic heterocycles. The summed E-state index contributed by atoms with van der Waals surface area (Å²) in [5.41, 5.74) is 5.57. The van der Waals surface area contributed by atoms with Crippen LogP contribution in [0.1, 0.15) is 13.7 Å². The Hall–Kier alpha value is -5.86. The van der Waals surface area contributed by atoms with Crippen LogP contribution in [0.2, 0.25) is 0 Å². The first-order chi connectivity index (χ1) is 26.0. The number of nitrogens with zero attached hydrogens (tertiary/aromatic N) is 2. The van der Waals surface area contributed by atoms with Crippen molar-refractivity contribution < 1.29 is 13.7 Å². The number of benzene rings is 7. The van der Waals surface area contributed by atoms with E-state index in [4.69, 9.17) is 13.7 Å². The summed E-state index contributed by atoms with van der Waals surface area (Å²) < 4.78 is 89.4. The van der Waals surface area contributed by atoms with Gasteiger partial charge in [-0.3, -0.25) is 0 Å². The second kappa shape index (κ2) is 9.86. The van der Waals surface area contributed by atoms with Crippen LogP contribution in [0.25, 0.3) is 77.2 Å². The maximum atomic E-state index is 8.80. The summed E-state index contributed by atoms with van der Waals surface area (Å²) >= 11 is 0. The van der Waals surface area contributed by atoms with Gasteiger partial charge in [0.1, 0.15) is 0 Å². The van der Waals surface area contributed by atoms with Crippen molar-refractivity contribution in [2.24, 2.45) is 0 Å². The van der Waals surface area contributed by atoms with Gasteiger partial charge in [0, 0.05) is 32.9 Å². The largest absolute Gasteiger partial charge is 0.309 e. The fourth-order valence-electron chi connectivity index (χ4n) is 6.40. The monoisotopic (exact) mass is 570 g/mol. The van der Waals surface area contributed by atoms with Crippen LogP contribution in [-0.4, -0.2) is 9.13 Å². The lowest BCUT2D eigenvalue weighted by Crippen LogP contribution is -1.97. The molecule has 2 heteroatoms. The molecule has 2 nitrogen and oxygen atoms in total. The van der Waals surface area contributed by atoms with Gasteiger partial charge in [0.25, 0.3) is 0 Å². The first kappa shape index (κ1) is 16.7. The third kappa shape index (κ3) is 3.82. The molecule has 9 rings (SSSR count). The van der Waals surface area contributed by atoms with E-state index in [-0.39, 0.29) is 22.3 Å². The number of hydrogen-bond acceptors (Lipinski definition) is 0. The van der Waals surface area contributed by atoms with E-state index in [9.17, 15) is 0 Å². The van der Waals surface area contributed by atoms with Crippen molar-refractivity contribution in [2.75, 3.05) is 0 Å². The average Bonchev–Trinajstić information content (AvgIpc) is 3.70. The smallest absolute Gasteiger partial charge is 0.0629 e. The van der Waals surface area contributed by atoms with E-state index in [2.05, 4.69) is 34.9 Å². The molecule has 0 unspecified atom stereocenters. The van der Waals surface area contributed by atoms with Crippen LogP contribution in [0.5, 0.6) is 0 Å². The molecule has 206 valence electrons. The van der Waals surface area contributed by atoms with Crippen molar-refractivity contribution >= 4 is 43.6 Å². The number of hydrogen-bond donors (Lipinski definition) is 0. The van der Waals surface area contributed by atoms with Crippen LogP contribution >= 0.6 is 0 Å². The summed E-state index contributed by atoms with van der Waals surface area (Å²) in [5.74, 6) is 0. The second-order valence-electron chi connectivity index (χ2n) is 10.7. The molecule has 0 spiro atoms.